The highest BCUT2D eigenvalue weighted by Gasteiger charge is 2.01. The summed E-state index contributed by atoms with van der Waals surface area (Å²) in [5.41, 5.74) is 2.52. The second-order valence-corrected chi connectivity index (χ2v) is 5.25. The summed E-state index contributed by atoms with van der Waals surface area (Å²) >= 11 is 0. The molecule has 0 nitrogen and oxygen atoms in total. The van der Waals surface area contributed by atoms with Gasteiger partial charge < -0.3 is 0 Å². The zero-order valence-corrected chi connectivity index (χ0v) is 12.4. The molecule has 2 aromatic carbocycles. The van der Waals surface area contributed by atoms with Crippen LogP contribution in [-0.4, -0.2) is 0 Å². The third kappa shape index (κ3) is 3.60. The van der Waals surface area contributed by atoms with Gasteiger partial charge in [0.1, 0.15) is 0 Å². The molecular formula is C20H24. The third-order valence-electron chi connectivity index (χ3n) is 3.71. The van der Waals surface area contributed by atoms with Crippen molar-refractivity contribution in [1.82, 2.24) is 0 Å². The van der Waals surface area contributed by atoms with Gasteiger partial charge in [0.15, 0.2) is 0 Å². The molecule has 0 radical (unpaired) electrons. The van der Waals surface area contributed by atoms with Gasteiger partial charge in [-0.05, 0) is 34.7 Å². The third-order valence-corrected chi connectivity index (χ3v) is 3.71. The Hall–Kier alpha value is -1.82. The van der Waals surface area contributed by atoms with E-state index in [0.29, 0.717) is 0 Å². The highest BCUT2D eigenvalue weighted by atomic mass is 14.1. The van der Waals surface area contributed by atoms with Crippen molar-refractivity contribution in [3.05, 3.63) is 60.2 Å². The summed E-state index contributed by atoms with van der Waals surface area (Å²) < 4.78 is 0. The van der Waals surface area contributed by atoms with Gasteiger partial charge in [-0.15, -0.1) is 0 Å². The number of fused-ring (bicyclic) bond motifs is 1. The second kappa shape index (κ2) is 7.69. The lowest BCUT2D eigenvalue weighted by molar-refractivity contribution is 0.675. The standard InChI is InChI=1S/C20H24/c1-3-5-6-7-8-9-12-18-15-11-16-19-14-10-13-17(4-2)20(18)19/h4,9-16H,2-3,5-8H2,1H3. The molecule has 0 atom stereocenters. The van der Waals surface area contributed by atoms with Crippen LogP contribution in [-0.2, 0) is 0 Å². The molecule has 0 aliphatic carbocycles. The number of rotatable bonds is 7. The number of hydrogen-bond donors (Lipinski definition) is 0. The Labute approximate surface area is 122 Å². The van der Waals surface area contributed by atoms with Crippen molar-refractivity contribution in [3.8, 4) is 0 Å². The highest BCUT2D eigenvalue weighted by Crippen LogP contribution is 2.25. The summed E-state index contributed by atoms with van der Waals surface area (Å²) in [4.78, 5) is 0. The van der Waals surface area contributed by atoms with Gasteiger partial charge in [-0.25, -0.2) is 0 Å². The van der Waals surface area contributed by atoms with Gasteiger partial charge in [-0.2, -0.15) is 0 Å². The zero-order valence-electron chi connectivity index (χ0n) is 12.4. The fourth-order valence-corrected chi connectivity index (χ4v) is 2.61. The minimum atomic E-state index is 1.17. The first-order chi connectivity index (χ1) is 9.86. The molecule has 0 heterocycles. The molecule has 2 rings (SSSR count). The molecule has 0 bridgehead atoms. The van der Waals surface area contributed by atoms with Crippen molar-refractivity contribution in [2.45, 2.75) is 39.0 Å². The SMILES string of the molecule is C=Cc1cccc2cccc(C=CCCCCCC)c12. The number of benzene rings is 2. The van der Waals surface area contributed by atoms with Crippen molar-refractivity contribution in [2.75, 3.05) is 0 Å². The molecule has 0 saturated carbocycles. The van der Waals surface area contributed by atoms with Crippen LogP contribution in [0.5, 0.6) is 0 Å². The summed E-state index contributed by atoms with van der Waals surface area (Å²) in [6, 6.07) is 12.9. The van der Waals surface area contributed by atoms with Crippen molar-refractivity contribution < 1.29 is 0 Å². The monoisotopic (exact) mass is 264 g/mol. The van der Waals surface area contributed by atoms with Gasteiger partial charge >= 0.3 is 0 Å². The summed E-state index contributed by atoms with van der Waals surface area (Å²) in [6.07, 6.45) is 13.0. The molecule has 0 N–H and O–H groups in total. The van der Waals surface area contributed by atoms with Crippen LogP contribution in [0.2, 0.25) is 0 Å². The molecule has 0 saturated heterocycles. The van der Waals surface area contributed by atoms with E-state index in [0.717, 1.165) is 0 Å². The van der Waals surface area contributed by atoms with Crippen LogP contribution in [0.1, 0.15) is 50.2 Å². The Morgan fingerprint density at radius 3 is 2.40 bits per heavy atom. The zero-order chi connectivity index (χ0) is 14.2. The topological polar surface area (TPSA) is 0 Å². The maximum atomic E-state index is 3.93. The smallest absolute Gasteiger partial charge is 0.00392 e. The maximum Gasteiger partial charge on any atom is -0.00392 e. The van der Waals surface area contributed by atoms with E-state index < -0.39 is 0 Å². The molecular weight excluding hydrogens is 240 g/mol. The minimum Gasteiger partial charge on any atom is -0.0984 e. The molecule has 0 aliphatic rings. The molecule has 2 aromatic rings. The van der Waals surface area contributed by atoms with Crippen molar-refractivity contribution in [3.63, 3.8) is 0 Å². The Balaban J connectivity index is 2.17. The van der Waals surface area contributed by atoms with Crippen LogP contribution >= 0.6 is 0 Å². The summed E-state index contributed by atoms with van der Waals surface area (Å²) in [5, 5.41) is 2.60. The fraction of sp³-hybridized carbons (Fsp3) is 0.300. The second-order valence-electron chi connectivity index (χ2n) is 5.25. The van der Waals surface area contributed by atoms with Crippen LogP contribution in [0.4, 0.5) is 0 Å². The Kier molecular flexibility index (Phi) is 5.61. The number of allylic oxidation sites excluding steroid dienone is 1. The highest BCUT2D eigenvalue weighted by molar-refractivity contribution is 5.96. The first kappa shape index (κ1) is 14.6. The van der Waals surface area contributed by atoms with Crippen molar-refractivity contribution in [2.24, 2.45) is 0 Å². The summed E-state index contributed by atoms with van der Waals surface area (Å²) in [5.74, 6) is 0. The van der Waals surface area contributed by atoms with E-state index in [-0.39, 0.29) is 0 Å². The van der Waals surface area contributed by atoms with E-state index in [1.807, 2.05) is 6.08 Å². The van der Waals surface area contributed by atoms with Gasteiger partial charge in [0.05, 0.1) is 0 Å². The lowest BCUT2D eigenvalue weighted by Crippen LogP contribution is -1.83. The lowest BCUT2D eigenvalue weighted by atomic mass is 9.98. The maximum absolute atomic E-state index is 3.93. The van der Waals surface area contributed by atoms with Crippen molar-refractivity contribution in [1.29, 1.82) is 0 Å². The predicted molar refractivity (Wildman–Crippen MR) is 91.8 cm³/mol. The molecule has 0 fully saturated rings. The van der Waals surface area contributed by atoms with Gasteiger partial charge in [-0.1, -0.05) is 87.4 Å². The normalized spacial score (nSPS) is 11.2. The van der Waals surface area contributed by atoms with Gasteiger partial charge in [0.25, 0.3) is 0 Å². The Morgan fingerprint density at radius 1 is 0.950 bits per heavy atom. The molecule has 0 unspecified atom stereocenters. The van der Waals surface area contributed by atoms with Gasteiger partial charge in [-0.3, -0.25) is 0 Å². The molecule has 0 aromatic heterocycles. The van der Waals surface area contributed by atoms with Gasteiger partial charge in [0.2, 0.25) is 0 Å². The van der Waals surface area contributed by atoms with Crippen LogP contribution in [0.25, 0.3) is 22.9 Å². The largest absolute Gasteiger partial charge is 0.0984 e. The average Bonchev–Trinajstić information content (AvgIpc) is 2.50. The lowest BCUT2D eigenvalue weighted by Gasteiger charge is -2.06. The van der Waals surface area contributed by atoms with Crippen LogP contribution in [0.3, 0.4) is 0 Å². The van der Waals surface area contributed by atoms with Crippen LogP contribution in [0, 0.1) is 0 Å². The number of hydrogen-bond acceptors (Lipinski definition) is 0. The molecule has 0 spiro atoms. The van der Waals surface area contributed by atoms with Crippen molar-refractivity contribution >= 4 is 22.9 Å². The van der Waals surface area contributed by atoms with E-state index in [2.05, 4.69) is 62.1 Å². The van der Waals surface area contributed by atoms with Gasteiger partial charge in [0, 0.05) is 0 Å². The summed E-state index contributed by atoms with van der Waals surface area (Å²) in [7, 11) is 0. The predicted octanol–water partition coefficient (Wildman–Crippen LogP) is 6.47. The molecule has 104 valence electrons. The molecule has 20 heavy (non-hydrogen) atoms. The first-order valence-corrected chi connectivity index (χ1v) is 7.67. The first-order valence-electron chi connectivity index (χ1n) is 7.67. The van der Waals surface area contributed by atoms with E-state index in [4.69, 9.17) is 0 Å². The van der Waals surface area contributed by atoms with E-state index in [1.165, 1.54) is 54.0 Å². The average molecular weight is 264 g/mol. The van der Waals surface area contributed by atoms with E-state index in [9.17, 15) is 0 Å². The van der Waals surface area contributed by atoms with E-state index >= 15 is 0 Å². The quantitative estimate of drug-likeness (QED) is 0.503. The Morgan fingerprint density at radius 2 is 1.70 bits per heavy atom. The molecule has 0 heteroatoms. The Bertz CT molecular complexity index is 585. The molecule has 0 aliphatic heterocycles. The summed E-state index contributed by atoms with van der Waals surface area (Å²) in [6.45, 7) is 6.18. The van der Waals surface area contributed by atoms with Crippen LogP contribution < -0.4 is 0 Å². The molecule has 0 amide bonds. The van der Waals surface area contributed by atoms with Crippen LogP contribution in [0.15, 0.2) is 49.1 Å². The number of unbranched alkanes of at least 4 members (excludes halogenated alkanes) is 4. The minimum absolute atomic E-state index is 1.17. The fourth-order valence-electron chi connectivity index (χ4n) is 2.61. The van der Waals surface area contributed by atoms with E-state index in [1.54, 1.807) is 0 Å².